The van der Waals surface area contributed by atoms with E-state index in [1.165, 1.54) is 0 Å². The molecule has 1 heterocycles. The first-order chi connectivity index (χ1) is 3.00. The van der Waals surface area contributed by atoms with E-state index in [0.717, 1.165) is 26.2 Å². The Balaban J connectivity index is -0.0000000450. The van der Waals surface area contributed by atoms with Crippen LogP contribution in [0.2, 0.25) is 0 Å². The summed E-state index contributed by atoms with van der Waals surface area (Å²) in [6.07, 6.45) is 0. The van der Waals surface area contributed by atoms with E-state index >= 15 is 0 Å². The molecule has 0 spiro atoms. The van der Waals surface area contributed by atoms with Crippen molar-refractivity contribution < 1.29 is 44.1 Å². The Morgan fingerprint density at radius 1 is 0.900 bits per heavy atom. The third kappa shape index (κ3) is 12.1. The van der Waals surface area contributed by atoms with E-state index in [4.69, 9.17) is 0 Å². The molecule has 3 heteroatoms. The van der Waals surface area contributed by atoms with Gasteiger partial charge in [-0.15, -0.1) is 13.1 Å². The van der Waals surface area contributed by atoms with E-state index in [0.29, 0.717) is 0 Å². The maximum Gasteiger partial charge on any atom is 0 e. The number of rotatable bonds is 0. The van der Waals surface area contributed by atoms with Gasteiger partial charge in [-0.3, -0.25) is 0 Å². The second kappa shape index (κ2) is 16.8. The summed E-state index contributed by atoms with van der Waals surface area (Å²) in [6, 6.07) is 0. The van der Waals surface area contributed by atoms with E-state index in [2.05, 4.69) is 10.6 Å². The van der Waals surface area contributed by atoms with Gasteiger partial charge in [0.1, 0.15) is 0 Å². The van der Waals surface area contributed by atoms with Crippen molar-refractivity contribution in [2.75, 3.05) is 26.2 Å². The van der Waals surface area contributed by atoms with Crippen molar-refractivity contribution in [1.82, 2.24) is 5.32 Å². The van der Waals surface area contributed by atoms with Crippen molar-refractivity contribution in [2.24, 2.45) is 0 Å². The molecule has 0 bridgehead atoms. The normalized spacial score (nSPS) is 14.4. The molecule has 1 radical (unpaired) electrons. The van der Waals surface area contributed by atoms with Crippen LogP contribution in [0.5, 0.6) is 0 Å². The summed E-state index contributed by atoms with van der Waals surface area (Å²) >= 11 is 0. The van der Waals surface area contributed by atoms with Crippen molar-refractivity contribution in [3.63, 3.8) is 0 Å². The van der Waals surface area contributed by atoms with Gasteiger partial charge in [0, 0.05) is 44.1 Å². The van der Waals surface area contributed by atoms with Crippen LogP contribution < -0.4 is 5.32 Å². The van der Waals surface area contributed by atoms with Gasteiger partial charge in [-0.1, -0.05) is 22.3 Å². The van der Waals surface area contributed by atoms with Crippen LogP contribution in [0.3, 0.4) is 0 Å². The Hall–Kier alpha value is 1.36. The SMILES string of the molecule is C.C.C.C1CNCC[N-]1.[Ac]. The molecule has 0 aromatic carbocycles. The number of hydrogen-bond acceptors (Lipinski definition) is 1. The number of hydrogen-bond donors (Lipinski definition) is 1. The molecule has 1 N–H and O–H groups in total. The van der Waals surface area contributed by atoms with Gasteiger partial charge in [0.15, 0.2) is 0 Å². The van der Waals surface area contributed by atoms with Crippen molar-refractivity contribution in [3.8, 4) is 0 Å². The quantitative estimate of drug-likeness (QED) is 0.702. The van der Waals surface area contributed by atoms with E-state index in [9.17, 15) is 0 Å². The average molecular weight is 360 g/mol. The zero-order valence-electron chi connectivity index (χ0n) is 4.35. The molecule has 0 aromatic rings. The largest absolute Gasteiger partial charge is 0.660 e. The van der Waals surface area contributed by atoms with Gasteiger partial charge in [0.05, 0.1) is 0 Å². The Morgan fingerprint density at radius 2 is 1.30 bits per heavy atom. The molecule has 2 nitrogen and oxygen atoms in total. The molecule has 0 amide bonds. The van der Waals surface area contributed by atoms with Crippen molar-refractivity contribution in [1.29, 1.82) is 0 Å². The minimum atomic E-state index is 0. The van der Waals surface area contributed by atoms with Gasteiger partial charge < -0.3 is 10.6 Å². The summed E-state index contributed by atoms with van der Waals surface area (Å²) in [5, 5.41) is 7.31. The van der Waals surface area contributed by atoms with Crippen molar-refractivity contribution in [3.05, 3.63) is 5.32 Å². The van der Waals surface area contributed by atoms with Gasteiger partial charge >= 0.3 is 0 Å². The average Bonchev–Trinajstić information content (AvgIpc) is 1.72. The molecule has 0 aliphatic carbocycles. The predicted octanol–water partition coefficient (Wildman–Crippen LogP) is 1.87. The molecule has 0 unspecified atom stereocenters. The standard InChI is InChI=1S/C4H9N2.3CH4.Ac/c1-2-6-4-3-5-1;;;;/h5H,1-4H2;3*1H4;/q-1;;;;. The predicted molar refractivity (Wildman–Crippen MR) is 46.2 cm³/mol. The Kier molecular flexibility index (Phi) is 37.7. The second-order valence-electron chi connectivity index (χ2n) is 1.42. The van der Waals surface area contributed by atoms with E-state index in [-0.39, 0.29) is 66.3 Å². The Labute approximate surface area is 102 Å². The third-order valence-corrected chi connectivity index (χ3v) is 0.893. The minimum Gasteiger partial charge on any atom is -0.660 e. The van der Waals surface area contributed by atoms with Crippen LogP contribution in [0.4, 0.5) is 0 Å². The monoisotopic (exact) mass is 360 g/mol. The number of nitrogens with one attached hydrogen (secondary N) is 1. The molecule has 1 rings (SSSR count). The summed E-state index contributed by atoms with van der Waals surface area (Å²) in [4.78, 5) is 0. The van der Waals surface area contributed by atoms with E-state index < -0.39 is 0 Å². The van der Waals surface area contributed by atoms with E-state index in [1.54, 1.807) is 0 Å². The molecule has 10 heavy (non-hydrogen) atoms. The maximum absolute atomic E-state index is 4.11. The fourth-order valence-electron chi connectivity index (χ4n) is 0.553. The first-order valence-corrected chi connectivity index (χ1v) is 2.34. The van der Waals surface area contributed by atoms with Crippen LogP contribution in [0.1, 0.15) is 22.3 Å². The first-order valence-electron chi connectivity index (χ1n) is 2.34. The molecule has 63 valence electrons. The third-order valence-electron chi connectivity index (χ3n) is 0.893. The number of nitrogens with zero attached hydrogens (tertiary/aromatic N) is 1. The summed E-state index contributed by atoms with van der Waals surface area (Å²) in [5.41, 5.74) is 0. The zero-order valence-corrected chi connectivity index (χ0v) is 9.10. The number of piperazine rings is 1. The van der Waals surface area contributed by atoms with Crippen LogP contribution >= 0.6 is 0 Å². The van der Waals surface area contributed by atoms with Crippen LogP contribution in [0.15, 0.2) is 0 Å². The molecule has 1 fully saturated rings. The molecule has 1 aliphatic rings. The van der Waals surface area contributed by atoms with Gasteiger partial charge in [0.25, 0.3) is 0 Å². The molecule has 0 aromatic heterocycles. The topological polar surface area (TPSA) is 26.1 Å². The molecule has 1 aliphatic heterocycles. The molecule has 1 saturated heterocycles. The van der Waals surface area contributed by atoms with Crippen LogP contribution in [0, 0.1) is 44.1 Å². The van der Waals surface area contributed by atoms with Crippen LogP contribution in [-0.4, -0.2) is 26.2 Å². The van der Waals surface area contributed by atoms with Gasteiger partial charge in [-0.25, -0.2) is 0 Å². The smallest absolute Gasteiger partial charge is 0 e. The maximum atomic E-state index is 4.11. The van der Waals surface area contributed by atoms with E-state index in [1.807, 2.05) is 0 Å². The first kappa shape index (κ1) is 22.5. The molecular weight excluding hydrogens is 339 g/mol. The summed E-state index contributed by atoms with van der Waals surface area (Å²) in [6.45, 7) is 4.19. The summed E-state index contributed by atoms with van der Waals surface area (Å²) in [7, 11) is 0. The van der Waals surface area contributed by atoms with Gasteiger partial charge in [-0.2, -0.15) is 0 Å². The fourth-order valence-corrected chi connectivity index (χ4v) is 0.553. The Bertz CT molecular complexity index is 27.1. The summed E-state index contributed by atoms with van der Waals surface area (Å²) < 4.78 is 0. The van der Waals surface area contributed by atoms with Crippen molar-refractivity contribution >= 4 is 0 Å². The zero-order chi connectivity index (χ0) is 4.24. The minimum absolute atomic E-state index is 0. The fraction of sp³-hybridized carbons (Fsp3) is 1.00. The van der Waals surface area contributed by atoms with Gasteiger partial charge in [-0.05, 0) is 13.1 Å². The van der Waals surface area contributed by atoms with Crippen LogP contribution in [-0.2, 0) is 0 Å². The van der Waals surface area contributed by atoms with Crippen molar-refractivity contribution in [2.45, 2.75) is 22.3 Å². The Morgan fingerprint density at radius 3 is 1.40 bits per heavy atom. The molecular formula is C7H21AcN2-. The van der Waals surface area contributed by atoms with Gasteiger partial charge in [0.2, 0.25) is 0 Å². The molecule has 0 saturated carbocycles. The molecule has 0 atom stereocenters. The summed E-state index contributed by atoms with van der Waals surface area (Å²) in [5.74, 6) is 0. The van der Waals surface area contributed by atoms with Crippen LogP contribution in [0.25, 0.3) is 5.32 Å². The second-order valence-corrected chi connectivity index (χ2v) is 1.42.